The van der Waals surface area contributed by atoms with Gasteiger partial charge in [0.05, 0.1) is 33.4 Å². The molecule has 1 aliphatic heterocycles. The summed E-state index contributed by atoms with van der Waals surface area (Å²) >= 11 is 20.8. The largest absolute Gasteiger partial charge is 0.487 e. The van der Waals surface area contributed by atoms with E-state index >= 15 is 0 Å². The zero-order valence-electron chi connectivity index (χ0n) is 21.8. The van der Waals surface area contributed by atoms with Gasteiger partial charge in [-0.15, -0.1) is 0 Å². The minimum Gasteiger partial charge on any atom is -0.487 e. The first kappa shape index (κ1) is 29.8. The van der Waals surface area contributed by atoms with Crippen LogP contribution in [0.5, 0.6) is 5.75 Å². The molecule has 1 aliphatic rings. The molecular weight excluding hydrogens is 715 g/mol. The zero-order valence-corrected chi connectivity index (χ0v) is 27.3. The van der Waals surface area contributed by atoms with Crippen molar-refractivity contribution in [3.63, 3.8) is 0 Å². The molecule has 0 N–H and O–H groups in total. The van der Waals surface area contributed by atoms with Gasteiger partial charge in [-0.05, 0) is 58.3 Å². The molecule has 0 fully saturated rings. The summed E-state index contributed by atoms with van der Waals surface area (Å²) in [6.45, 7) is 2.11. The van der Waals surface area contributed by atoms with Gasteiger partial charge in [0.15, 0.2) is 4.80 Å². The number of ether oxygens (including phenoxy) is 2. The molecular formula is C30H22Br2Cl2N2O4S. The van der Waals surface area contributed by atoms with Crippen LogP contribution < -0.4 is 19.6 Å². The summed E-state index contributed by atoms with van der Waals surface area (Å²) < 4.78 is 14.8. The maximum atomic E-state index is 14.0. The van der Waals surface area contributed by atoms with Gasteiger partial charge in [0.25, 0.3) is 5.56 Å². The van der Waals surface area contributed by atoms with Gasteiger partial charge in [-0.3, -0.25) is 9.36 Å². The first-order chi connectivity index (χ1) is 19.7. The average Bonchev–Trinajstić information content (AvgIpc) is 3.26. The van der Waals surface area contributed by atoms with Gasteiger partial charge in [-0.25, -0.2) is 9.79 Å². The molecule has 2 heterocycles. The number of esters is 1. The van der Waals surface area contributed by atoms with Crippen molar-refractivity contribution in [2.75, 3.05) is 7.11 Å². The maximum Gasteiger partial charge on any atom is 0.338 e. The third-order valence-electron chi connectivity index (χ3n) is 6.48. The minimum absolute atomic E-state index is 0.189. The fourth-order valence-electron chi connectivity index (χ4n) is 4.58. The Kier molecular flexibility index (Phi) is 9.21. The molecule has 1 aromatic heterocycles. The molecule has 0 amide bonds. The van der Waals surface area contributed by atoms with E-state index < -0.39 is 12.0 Å². The van der Waals surface area contributed by atoms with E-state index in [1.807, 2.05) is 55.5 Å². The third-order valence-corrected chi connectivity index (χ3v) is 9.09. The maximum absolute atomic E-state index is 14.0. The van der Waals surface area contributed by atoms with Gasteiger partial charge < -0.3 is 9.47 Å². The molecule has 0 unspecified atom stereocenters. The molecule has 0 spiro atoms. The predicted octanol–water partition coefficient (Wildman–Crippen LogP) is 7.21. The van der Waals surface area contributed by atoms with Crippen LogP contribution in [0.1, 0.15) is 36.1 Å². The highest BCUT2D eigenvalue weighted by atomic mass is 79.9. The van der Waals surface area contributed by atoms with Crippen molar-refractivity contribution in [3.8, 4) is 5.75 Å². The van der Waals surface area contributed by atoms with Crippen LogP contribution >= 0.6 is 66.4 Å². The van der Waals surface area contributed by atoms with E-state index in [0.29, 0.717) is 52.9 Å². The Morgan fingerprint density at radius 2 is 1.88 bits per heavy atom. The molecule has 6 nitrogen and oxygen atoms in total. The first-order valence-corrected chi connectivity index (χ1v) is 15.6. The van der Waals surface area contributed by atoms with Crippen LogP contribution in [0.3, 0.4) is 0 Å². The van der Waals surface area contributed by atoms with Crippen LogP contribution in [0.15, 0.2) is 90.7 Å². The van der Waals surface area contributed by atoms with Crippen molar-refractivity contribution in [3.05, 3.63) is 127 Å². The molecule has 5 rings (SSSR count). The summed E-state index contributed by atoms with van der Waals surface area (Å²) in [6, 6.07) is 17.7. The van der Waals surface area contributed by atoms with Gasteiger partial charge in [0, 0.05) is 25.6 Å². The number of hydrogen-bond acceptors (Lipinski definition) is 6. The Morgan fingerprint density at radius 1 is 1.12 bits per heavy atom. The number of allylic oxidation sites excluding steroid dienone is 1. The van der Waals surface area contributed by atoms with Crippen LogP contribution in [0.25, 0.3) is 6.08 Å². The Labute approximate surface area is 266 Å². The van der Waals surface area contributed by atoms with Gasteiger partial charge in [0.1, 0.15) is 12.4 Å². The molecule has 0 radical (unpaired) electrons. The van der Waals surface area contributed by atoms with E-state index in [0.717, 1.165) is 15.6 Å². The van der Waals surface area contributed by atoms with Crippen LogP contribution in [0.4, 0.5) is 0 Å². The molecule has 11 heteroatoms. The number of nitrogens with zero attached hydrogens (tertiary/aromatic N) is 2. The van der Waals surface area contributed by atoms with Crippen molar-refractivity contribution in [1.29, 1.82) is 0 Å². The average molecular weight is 737 g/mol. The molecule has 1 atom stereocenters. The SMILES string of the molecule is CCC1=C(C(=O)OC)[C@@H](c2ccccc2)n2c(s/c(=C/c3cc(Br)cc(Br)c3OCc3ccc(Cl)cc3Cl)c2=O)=N1. The standard InChI is InChI=1S/C30H22Br2Cl2N2O4S/c1-3-23-25(29(38)39-2)26(16-7-5-4-6-8-16)36-28(37)24(41-30(36)35-23)12-18-11-19(31)13-21(32)27(18)40-15-17-9-10-20(33)14-22(17)34/h4-14,26H,3,15H2,1-2H3/b24-12+/t26-/m1/s1. The van der Waals surface area contributed by atoms with E-state index in [4.69, 9.17) is 37.7 Å². The lowest BCUT2D eigenvalue weighted by molar-refractivity contribution is -0.136. The number of aromatic nitrogens is 1. The minimum atomic E-state index is -0.672. The van der Waals surface area contributed by atoms with Crippen molar-refractivity contribution < 1.29 is 14.3 Å². The normalized spacial score (nSPS) is 15.0. The summed E-state index contributed by atoms with van der Waals surface area (Å²) in [4.78, 5) is 32.2. The number of benzene rings is 3. The fraction of sp³-hybridized carbons (Fsp3) is 0.167. The Balaban J connectivity index is 1.66. The number of thiazole rings is 1. The van der Waals surface area contributed by atoms with Crippen LogP contribution in [-0.4, -0.2) is 17.6 Å². The number of carbonyl (C=O) groups is 1. The third kappa shape index (κ3) is 6.10. The van der Waals surface area contributed by atoms with Gasteiger partial charge in [-0.1, -0.05) is 93.8 Å². The molecule has 0 aliphatic carbocycles. The van der Waals surface area contributed by atoms with E-state index in [-0.39, 0.29) is 12.2 Å². The first-order valence-electron chi connectivity index (χ1n) is 12.5. The number of fused-ring (bicyclic) bond motifs is 1. The lowest BCUT2D eigenvalue weighted by atomic mass is 9.95. The highest BCUT2D eigenvalue weighted by Crippen LogP contribution is 2.35. The second-order valence-corrected chi connectivity index (χ2v) is 12.7. The summed E-state index contributed by atoms with van der Waals surface area (Å²) in [6.07, 6.45) is 2.27. The van der Waals surface area contributed by atoms with Crippen LogP contribution in [-0.2, 0) is 16.1 Å². The number of rotatable bonds is 7. The summed E-state index contributed by atoms with van der Waals surface area (Å²) in [5.41, 5.74) is 2.89. The quantitative estimate of drug-likeness (QED) is 0.188. The molecule has 210 valence electrons. The molecule has 4 aromatic rings. The van der Waals surface area contributed by atoms with Crippen molar-refractivity contribution in [2.45, 2.75) is 26.0 Å². The zero-order chi connectivity index (χ0) is 29.3. The van der Waals surface area contributed by atoms with Gasteiger partial charge >= 0.3 is 5.97 Å². The van der Waals surface area contributed by atoms with Crippen LogP contribution in [0.2, 0.25) is 10.0 Å². The van der Waals surface area contributed by atoms with E-state index in [1.165, 1.54) is 18.4 Å². The number of halogens is 4. The van der Waals surface area contributed by atoms with Crippen molar-refractivity contribution >= 4 is 78.4 Å². The smallest absolute Gasteiger partial charge is 0.338 e. The lowest BCUT2D eigenvalue weighted by Gasteiger charge is -2.25. The van der Waals surface area contributed by atoms with Crippen molar-refractivity contribution in [2.24, 2.45) is 4.99 Å². The van der Waals surface area contributed by atoms with Crippen molar-refractivity contribution in [1.82, 2.24) is 4.57 Å². The highest BCUT2D eigenvalue weighted by molar-refractivity contribution is 9.11. The summed E-state index contributed by atoms with van der Waals surface area (Å²) in [5, 5.41) is 1.03. The molecule has 3 aromatic carbocycles. The fourth-order valence-corrected chi connectivity index (χ4v) is 7.43. The number of hydrogen-bond donors (Lipinski definition) is 0. The topological polar surface area (TPSA) is 69.9 Å². The Bertz CT molecular complexity index is 1870. The van der Waals surface area contributed by atoms with Crippen LogP contribution in [0, 0.1) is 0 Å². The van der Waals surface area contributed by atoms with Gasteiger partial charge in [-0.2, -0.15) is 0 Å². The molecule has 0 bridgehead atoms. The number of carbonyl (C=O) groups excluding carboxylic acids is 1. The predicted molar refractivity (Wildman–Crippen MR) is 169 cm³/mol. The molecule has 41 heavy (non-hydrogen) atoms. The van der Waals surface area contributed by atoms with Gasteiger partial charge in [0.2, 0.25) is 0 Å². The lowest BCUT2D eigenvalue weighted by Crippen LogP contribution is -2.40. The Hall–Kier alpha value is -2.69. The summed E-state index contributed by atoms with van der Waals surface area (Å²) in [5.74, 6) is 0.0235. The number of methoxy groups -OCH3 is 1. The van der Waals surface area contributed by atoms with E-state index in [9.17, 15) is 9.59 Å². The van der Waals surface area contributed by atoms with E-state index in [1.54, 1.807) is 22.8 Å². The molecule has 0 saturated heterocycles. The second kappa shape index (κ2) is 12.7. The second-order valence-electron chi connectivity index (χ2n) is 9.03. The molecule has 0 saturated carbocycles. The monoisotopic (exact) mass is 734 g/mol. The summed E-state index contributed by atoms with van der Waals surface area (Å²) in [7, 11) is 1.33. The van der Waals surface area contributed by atoms with E-state index in [2.05, 4.69) is 31.9 Å². The highest BCUT2D eigenvalue weighted by Gasteiger charge is 2.33. The Morgan fingerprint density at radius 3 is 2.56 bits per heavy atom.